The molecule has 0 atom stereocenters. The van der Waals surface area contributed by atoms with Crippen LogP contribution in [0.5, 0.6) is 0 Å². The standard InChI is InChI=1S/C10H9O3Si/c11-14(12,13)10-7-3-5-8-4-1-2-6-9(8)10/h1-7,11-12H. The Labute approximate surface area is 82.2 Å². The fraction of sp³-hybridized carbons (Fsp3) is 0. The lowest BCUT2D eigenvalue weighted by atomic mass is 10.1. The molecule has 4 heteroatoms. The zero-order valence-corrected chi connectivity index (χ0v) is 8.34. The van der Waals surface area contributed by atoms with Crippen molar-refractivity contribution in [3.05, 3.63) is 42.5 Å². The van der Waals surface area contributed by atoms with Crippen LogP contribution in [0.2, 0.25) is 0 Å². The van der Waals surface area contributed by atoms with E-state index in [0.717, 1.165) is 5.39 Å². The Balaban J connectivity index is 2.78. The predicted octanol–water partition coefficient (Wildman–Crippen LogP) is 0.401. The topological polar surface area (TPSA) is 60.4 Å². The van der Waals surface area contributed by atoms with Crippen molar-refractivity contribution in [1.29, 1.82) is 0 Å². The average Bonchev–Trinajstić information content (AvgIpc) is 2.15. The number of hydrogen-bond acceptors (Lipinski definition) is 2. The van der Waals surface area contributed by atoms with E-state index in [4.69, 9.17) is 9.59 Å². The second kappa shape index (κ2) is 3.18. The van der Waals surface area contributed by atoms with Gasteiger partial charge in [0, 0.05) is 5.19 Å². The fourth-order valence-electron chi connectivity index (χ4n) is 1.51. The van der Waals surface area contributed by atoms with Crippen LogP contribution in [0.25, 0.3) is 10.8 Å². The van der Waals surface area contributed by atoms with Crippen LogP contribution in [0.15, 0.2) is 42.5 Å². The molecule has 2 N–H and O–H groups in total. The van der Waals surface area contributed by atoms with Crippen LogP contribution in [0.1, 0.15) is 0 Å². The maximum atomic E-state index is 11.2. The minimum Gasteiger partial charge on any atom is -0.385 e. The summed E-state index contributed by atoms with van der Waals surface area (Å²) in [6, 6.07) is 12.1. The predicted molar refractivity (Wildman–Crippen MR) is 54.5 cm³/mol. The third kappa shape index (κ3) is 1.56. The van der Waals surface area contributed by atoms with Gasteiger partial charge in [0.2, 0.25) is 0 Å². The molecule has 0 saturated heterocycles. The zero-order valence-electron chi connectivity index (χ0n) is 7.34. The van der Waals surface area contributed by atoms with Gasteiger partial charge in [0.25, 0.3) is 0 Å². The van der Waals surface area contributed by atoms with E-state index in [-0.39, 0.29) is 5.19 Å². The molecule has 2 rings (SSSR count). The van der Waals surface area contributed by atoms with Crippen molar-refractivity contribution in [2.75, 3.05) is 0 Å². The summed E-state index contributed by atoms with van der Waals surface area (Å²) < 4.78 is 0. The minimum absolute atomic E-state index is 0.121. The zero-order chi connectivity index (χ0) is 10.2. The van der Waals surface area contributed by atoms with Crippen LogP contribution in [0.3, 0.4) is 0 Å². The molecule has 0 aliphatic rings. The van der Waals surface area contributed by atoms with Gasteiger partial charge in [0.15, 0.2) is 0 Å². The lowest BCUT2D eigenvalue weighted by molar-refractivity contribution is 0.202. The van der Waals surface area contributed by atoms with E-state index in [1.54, 1.807) is 18.2 Å². The molecule has 2 aromatic rings. The molecule has 0 spiro atoms. The molecule has 0 fully saturated rings. The third-order valence-electron chi connectivity index (χ3n) is 2.14. The summed E-state index contributed by atoms with van der Waals surface area (Å²) in [5.41, 5.74) is 0. The van der Waals surface area contributed by atoms with E-state index >= 15 is 0 Å². The maximum Gasteiger partial charge on any atom is 0.559 e. The Morgan fingerprint density at radius 2 is 1.57 bits per heavy atom. The highest BCUT2D eigenvalue weighted by Crippen LogP contribution is 2.12. The van der Waals surface area contributed by atoms with Gasteiger partial charge in [-0.25, -0.2) is 4.80 Å². The van der Waals surface area contributed by atoms with Crippen molar-refractivity contribution in [2.24, 2.45) is 0 Å². The first-order valence-corrected chi connectivity index (χ1v) is 6.03. The molecule has 0 amide bonds. The Hall–Kier alpha value is -1.20. The Morgan fingerprint density at radius 1 is 0.929 bits per heavy atom. The lowest BCUT2D eigenvalue weighted by Crippen LogP contribution is -2.47. The molecular weight excluding hydrogens is 196 g/mol. The smallest absolute Gasteiger partial charge is 0.385 e. The van der Waals surface area contributed by atoms with Crippen LogP contribution >= 0.6 is 0 Å². The van der Waals surface area contributed by atoms with Gasteiger partial charge in [-0.15, -0.1) is 0 Å². The van der Waals surface area contributed by atoms with Crippen LogP contribution in [-0.2, 0) is 4.80 Å². The SMILES string of the molecule is [O][Si](O)(O)c1cccc2ccccc12. The van der Waals surface area contributed by atoms with Crippen molar-refractivity contribution < 1.29 is 14.4 Å². The summed E-state index contributed by atoms with van der Waals surface area (Å²) in [4.78, 5) is 29.4. The number of benzene rings is 2. The molecule has 0 aliphatic carbocycles. The molecule has 2 aromatic carbocycles. The van der Waals surface area contributed by atoms with Crippen molar-refractivity contribution in [2.45, 2.75) is 0 Å². The maximum absolute atomic E-state index is 11.2. The van der Waals surface area contributed by atoms with Crippen molar-refractivity contribution >= 4 is 24.8 Å². The first-order valence-electron chi connectivity index (χ1n) is 4.22. The average molecular weight is 205 g/mol. The lowest BCUT2D eigenvalue weighted by Gasteiger charge is -2.10. The summed E-state index contributed by atoms with van der Waals surface area (Å²) in [5.74, 6) is 0. The van der Waals surface area contributed by atoms with E-state index in [2.05, 4.69) is 0 Å². The molecule has 0 saturated carbocycles. The van der Waals surface area contributed by atoms with Gasteiger partial charge in [-0.05, 0) is 10.8 Å². The normalized spacial score (nSPS) is 11.9. The Morgan fingerprint density at radius 3 is 2.29 bits per heavy atom. The molecule has 0 unspecified atom stereocenters. The molecular formula is C10H9O3Si. The number of fused-ring (bicyclic) bond motifs is 1. The number of hydrogen-bond donors (Lipinski definition) is 2. The summed E-state index contributed by atoms with van der Waals surface area (Å²) in [5, 5.41) is 1.60. The number of rotatable bonds is 1. The first-order chi connectivity index (χ1) is 6.59. The van der Waals surface area contributed by atoms with Gasteiger partial charge in [0.05, 0.1) is 0 Å². The van der Waals surface area contributed by atoms with Gasteiger partial charge in [-0.3, -0.25) is 0 Å². The van der Waals surface area contributed by atoms with Gasteiger partial charge in [-0.2, -0.15) is 0 Å². The highest BCUT2D eigenvalue weighted by Gasteiger charge is 2.34. The van der Waals surface area contributed by atoms with Crippen molar-refractivity contribution in [3.63, 3.8) is 0 Å². The van der Waals surface area contributed by atoms with Gasteiger partial charge < -0.3 is 9.59 Å². The third-order valence-corrected chi connectivity index (χ3v) is 3.28. The molecule has 0 aromatic heterocycles. The Bertz CT molecular complexity index is 457. The summed E-state index contributed by atoms with van der Waals surface area (Å²) in [6.07, 6.45) is 0. The quantitative estimate of drug-likeness (QED) is 0.662. The summed E-state index contributed by atoms with van der Waals surface area (Å²) in [7, 11) is -4.45. The molecule has 3 nitrogen and oxygen atoms in total. The molecule has 1 radical (unpaired) electrons. The van der Waals surface area contributed by atoms with E-state index in [1.807, 2.05) is 18.2 Å². The molecule has 0 aliphatic heterocycles. The second-order valence-electron chi connectivity index (χ2n) is 3.13. The van der Waals surface area contributed by atoms with E-state index in [9.17, 15) is 4.80 Å². The van der Waals surface area contributed by atoms with E-state index in [0.29, 0.717) is 5.39 Å². The Kier molecular flexibility index (Phi) is 2.12. The molecule has 71 valence electrons. The highest BCUT2D eigenvalue weighted by molar-refractivity contribution is 6.73. The molecule has 0 bridgehead atoms. The first kappa shape index (κ1) is 9.36. The minimum atomic E-state index is -4.45. The molecule has 14 heavy (non-hydrogen) atoms. The molecule has 0 heterocycles. The van der Waals surface area contributed by atoms with Crippen molar-refractivity contribution in [1.82, 2.24) is 0 Å². The monoisotopic (exact) mass is 205 g/mol. The van der Waals surface area contributed by atoms with Gasteiger partial charge in [0.1, 0.15) is 0 Å². The summed E-state index contributed by atoms with van der Waals surface area (Å²) >= 11 is 0. The highest BCUT2D eigenvalue weighted by atomic mass is 28.4. The second-order valence-corrected chi connectivity index (χ2v) is 4.89. The van der Waals surface area contributed by atoms with Crippen LogP contribution in [0.4, 0.5) is 0 Å². The van der Waals surface area contributed by atoms with Crippen molar-refractivity contribution in [3.8, 4) is 0 Å². The van der Waals surface area contributed by atoms with E-state index < -0.39 is 8.80 Å². The fourth-order valence-corrected chi connectivity index (χ4v) is 2.40. The van der Waals surface area contributed by atoms with Gasteiger partial charge >= 0.3 is 8.80 Å². The summed E-state index contributed by atoms with van der Waals surface area (Å²) in [6.45, 7) is 0. The van der Waals surface area contributed by atoms with Crippen LogP contribution in [-0.4, -0.2) is 18.4 Å². The van der Waals surface area contributed by atoms with E-state index in [1.165, 1.54) is 6.07 Å². The van der Waals surface area contributed by atoms with Crippen LogP contribution in [0, 0.1) is 0 Å². The van der Waals surface area contributed by atoms with Gasteiger partial charge in [-0.1, -0.05) is 42.5 Å². The largest absolute Gasteiger partial charge is 0.559 e. The van der Waals surface area contributed by atoms with Crippen LogP contribution < -0.4 is 5.19 Å².